The van der Waals surface area contributed by atoms with E-state index < -0.39 is 0 Å². The second kappa shape index (κ2) is 9.39. The van der Waals surface area contributed by atoms with E-state index in [2.05, 4.69) is 66.9 Å². The molecular formula is C26H33NO2. The second-order valence-corrected chi connectivity index (χ2v) is 8.14. The van der Waals surface area contributed by atoms with Crippen LogP contribution >= 0.6 is 0 Å². The van der Waals surface area contributed by atoms with Crippen molar-refractivity contribution in [3.05, 3.63) is 65.7 Å². The Morgan fingerprint density at radius 3 is 2.55 bits per heavy atom. The van der Waals surface area contributed by atoms with Gasteiger partial charge in [-0.05, 0) is 67.1 Å². The SMILES string of the molecule is CCCCCCOc1ccc2c(c1)C1C=CCC1C(c1ccc(OCC)cc1)N2. The van der Waals surface area contributed by atoms with Crippen LogP contribution in [0.25, 0.3) is 0 Å². The normalized spacial score (nSPS) is 21.9. The number of hydrogen-bond donors (Lipinski definition) is 1. The molecule has 29 heavy (non-hydrogen) atoms. The van der Waals surface area contributed by atoms with Crippen LogP contribution in [0.5, 0.6) is 11.5 Å². The zero-order valence-electron chi connectivity index (χ0n) is 17.7. The van der Waals surface area contributed by atoms with Gasteiger partial charge >= 0.3 is 0 Å². The second-order valence-electron chi connectivity index (χ2n) is 8.14. The van der Waals surface area contributed by atoms with Crippen molar-refractivity contribution in [2.45, 2.75) is 57.9 Å². The zero-order chi connectivity index (χ0) is 20.1. The summed E-state index contributed by atoms with van der Waals surface area (Å²) in [5.41, 5.74) is 3.93. The maximum atomic E-state index is 6.05. The molecule has 0 radical (unpaired) electrons. The molecule has 0 saturated carbocycles. The van der Waals surface area contributed by atoms with E-state index in [0.29, 0.717) is 24.5 Å². The maximum Gasteiger partial charge on any atom is 0.119 e. The monoisotopic (exact) mass is 391 g/mol. The van der Waals surface area contributed by atoms with E-state index in [0.717, 1.165) is 30.9 Å². The number of rotatable bonds is 9. The number of unbranched alkanes of at least 4 members (excludes halogenated alkanes) is 3. The van der Waals surface area contributed by atoms with Crippen molar-refractivity contribution in [3.8, 4) is 11.5 Å². The highest BCUT2D eigenvalue weighted by atomic mass is 16.5. The van der Waals surface area contributed by atoms with Gasteiger partial charge in [-0.15, -0.1) is 0 Å². The molecule has 1 aliphatic carbocycles. The van der Waals surface area contributed by atoms with Crippen molar-refractivity contribution in [1.29, 1.82) is 0 Å². The minimum absolute atomic E-state index is 0.319. The van der Waals surface area contributed by atoms with Gasteiger partial charge < -0.3 is 14.8 Å². The van der Waals surface area contributed by atoms with Crippen molar-refractivity contribution in [1.82, 2.24) is 0 Å². The van der Waals surface area contributed by atoms with Gasteiger partial charge in [0.05, 0.1) is 19.3 Å². The Morgan fingerprint density at radius 1 is 0.931 bits per heavy atom. The predicted octanol–water partition coefficient (Wildman–Crippen LogP) is 6.87. The molecule has 0 bridgehead atoms. The van der Waals surface area contributed by atoms with Crippen molar-refractivity contribution >= 4 is 5.69 Å². The predicted molar refractivity (Wildman–Crippen MR) is 120 cm³/mol. The first-order valence-corrected chi connectivity index (χ1v) is 11.2. The number of anilines is 1. The van der Waals surface area contributed by atoms with Crippen LogP contribution in [-0.4, -0.2) is 13.2 Å². The molecule has 154 valence electrons. The van der Waals surface area contributed by atoms with Gasteiger partial charge in [0.2, 0.25) is 0 Å². The molecule has 0 aromatic heterocycles. The summed E-state index contributed by atoms with van der Waals surface area (Å²) in [5.74, 6) is 2.93. The fourth-order valence-electron chi connectivity index (χ4n) is 4.65. The Balaban J connectivity index is 1.49. The average Bonchev–Trinajstić information content (AvgIpc) is 3.24. The van der Waals surface area contributed by atoms with Crippen LogP contribution in [0, 0.1) is 5.92 Å². The molecular weight excluding hydrogens is 358 g/mol. The Hall–Kier alpha value is -2.42. The van der Waals surface area contributed by atoms with Crippen LogP contribution in [0.15, 0.2) is 54.6 Å². The summed E-state index contributed by atoms with van der Waals surface area (Å²) in [5, 5.41) is 3.81. The number of hydrogen-bond acceptors (Lipinski definition) is 3. The van der Waals surface area contributed by atoms with Crippen LogP contribution in [0.2, 0.25) is 0 Å². The van der Waals surface area contributed by atoms with Gasteiger partial charge in [0.25, 0.3) is 0 Å². The summed E-state index contributed by atoms with van der Waals surface area (Å²) in [6, 6.07) is 15.5. The minimum Gasteiger partial charge on any atom is -0.494 e. The lowest BCUT2D eigenvalue weighted by Crippen LogP contribution is -2.29. The fourth-order valence-corrected chi connectivity index (χ4v) is 4.65. The van der Waals surface area contributed by atoms with E-state index in [-0.39, 0.29) is 0 Å². The first-order chi connectivity index (χ1) is 14.3. The number of fused-ring (bicyclic) bond motifs is 3. The standard InChI is InChI=1S/C26H33NO2/c1-3-5-6-7-17-29-21-15-16-25-24(18-21)22-9-8-10-23(22)26(27-25)19-11-13-20(14-12-19)28-4-2/h8-9,11-16,18,22-23,26-27H,3-7,10,17H2,1-2H3. The molecule has 3 nitrogen and oxygen atoms in total. The van der Waals surface area contributed by atoms with Gasteiger partial charge in [-0.3, -0.25) is 0 Å². The molecule has 2 aromatic rings. The lowest BCUT2D eigenvalue weighted by molar-refractivity contribution is 0.304. The Labute approximate surface area is 175 Å². The third-order valence-electron chi connectivity index (χ3n) is 6.15. The Bertz CT molecular complexity index is 827. The average molecular weight is 392 g/mol. The van der Waals surface area contributed by atoms with Gasteiger partial charge in [-0.2, -0.15) is 0 Å². The molecule has 3 heteroatoms. The zero-order valence-corrected chi connectivity index (χ0v) is 17.7. The van der Waals surface area contributed by atoms with Crippen molar-refractivity contribution in [2.75, 3.05) is 18.5 Å². The third kappa shape index (κ3) is 4.44. The van der Waals surface area contributed by atoms with E-state index in [4.69, 9.17) is 9.47 Å². The molecule has 0 spiro atoms. The van der Waals surface area contributed by atoms with Gasteiger partial charge in [-0.1, -0.05) is 50.5 Å². The smallest absolute Gasteiger partial charge is 0.119 e. The highest BCUT2D eigenvalue weighted by Gasteiger charge is 2.38. The molecule has 0 amide bonds. The van der Waals surface area contributed by atoms with Crippen LogP contribution in [0.1, 0.15) is 69.0 Å². The van der Waals surface area contributed by atoms with Gasteiger partial charge in [-0.25, -0.2) is 0 Å². The van der Waals surface area contributed by atoms with Crippen LogP contribution in [0.4, 0.5) is 5.69 Å². The van der Waals surface area contributed by atoms with E-state index in [1.807, 2.05) is 6.92 Å². The van der Waals surface area contributed by atoms with Crippen molar-refractivity contribution in [2.24, 2.45) is 5.92 Å². The molecule has 1 aliphatic heterocycles. The fraction of sp³-hybridized carbons (Fsp3) is 0.462. The number of benzene rings is 2. The molecule has 3 atom stereocenters. The van der Waals surface area contributed by atoms with E-state index >= 15 is 0 Å². The number of ether oxygens (including phenoxy) is 2. The number of nitrogens with one attached hydrogen (secondary N) is 1. The first kappa shape index (κ1) is 19.9. The summed E-state index contributed by atoms with van der Waals surface area (Å²) >= 11 is 0. The summed E-state index contributed by atoms with van der Waals surface area (Å²) < 4.78 is 11.7. The molecule has 0 saturated heterocycles. The highest BCUT2D eigenvalue weighted by Crippen LogP contribution is 2.50. The van der Waals surface area contributed by atoms with E-state index in [1.165, 1.54) is 36.1 Å². The first-order valence-electron chi connectivity index (χ1n) is 11.2. The quantitative estimate of drug-likeness (QED) is 0.374. The molecule has 4 rings (SSSR count). The van der Waals surface area contributed by atoms with E-state index in [9.17, 15) is 0 Å². The number of allylic oxidation sites excluding steroid dienone is 2. The molecule has 3 unspecified atom stereocenters. The lowest BCUT2D eigenvalue weighted by Gasteiger charge is -2.37. The summed E-state index contributed by atoms with van der Waals surface area (Å²) in [4.78, 5) is 0. The van der Waals surface area contributed by atoms with E-state index in [1.54, 1.807) is 0 Å². The van der Waals surface area contributed by atoms with Crippen LogP contribution in [0.3, 0.4) is 0 Å². The van der Waals surface area contributed by atoms with Crippen LogP contribution < -0.4 is 14.8 Å². The highest BCUT2D eigenvalue weighted by molar-refractivity contribution is 5.61. The molecule has 2 aliphatic rings. The maximum absolute atomic E-state index is 6.05. The summed E-state index contributed by atoms with van der Waals surface area (Å²) in [7, 11) is 0. The molecule has 2 aromatic carbocycles. The molecule has 1 heterocycles. The largest absolute Gasteiger partial charge is 0.494 e. The van der Waals surface area contributed by atoms with Gasteiger partial charge in [0.15, 0.2) is 0 Å². The lowest BCUT2D eigenvalue weighted by atomic mass is 9.77. The van der Waals surface area contributed by atoms with Crippen molar-refractivity contribution in [3.63, 3.8) is 0 Å². The molecule has 0 fully saturated rings. The Morgan fingerprint density at radius 2 is 1.76 bits per heavy atom. The summed E-state index contributed by atoms with van der Waals surface area (Å²) in [6.07, 6.45) is 10.8. The third-order valence-corrected chi connectivity index (χ3v) is 6.15. The van der Waals surface area contributed by atoms with Crippen molar-refractivity contribution < 1.29 is 9.47 Å². The molecule has 1 N–H and O–H groups in total. The Kier molecular flexibility index (Phi) is 6.43. The minimum atomic E-state index is 0.319. The van der Waals surface area contributed by atoms with Crippen LogP contribution in [-0.2, 0) is 0 Å². The van der Waals surface area contributed by atoms with Gasteiger partial charge in [0.1, 0.15) is 11.5 Å². The topological polar surface area (TPSA) is 30.5 Å². The summed E-state index contributed by atoms with van der Waals surface area (Å²) in [6.45, 7) is 5.77. The van der Waals surface area contributed by atoms with Gasteiger partial charge in [0, 0.05) is 11.6 Å².